The predicted octanol–water partition coefficient (Wildman–Crippen LogP) is 1.62. The van der Waals surface area contributed by atoms with Crippen LogP contribution in [0.4, 0.5) is 0 Å². The molecule has 2 fully saturated rings. The maximum absolute atomic E-state index is 12.8. The zero-order chi connectivity index (χ0) is 19.9. The first-order valence-corrected chi connectivity index (χ1v) is 10.8. The van der Waals surface area contributed by atoms with Crippen molar-refractivity contribution in [3.63, 3.8) is 0 Å². The summed E-state index contributed by atoms with van der Waals surface area (Å²) < 4.78 is 33.6. The summed E-state index contributed by atoms with van der Waals surface area (Å²) in [6.45, 7) is 5.97. The second kappa shape index (κ2) is 9.98. The van der Waals surface area contributed by atoms with Crippen LogP contribution in [0.3, 0.4) is 0 Å². The first kappa shape index (κ1) is 22.3. The Bertz CT molecular complexity index is 563. The van der Waals surface area contributed by atoms with E-state index < -0.39 is 31.2 Å². The summed E-state index contributed by atoms with van der Waals surface area (Å²) in [7, 11) is -2.52. The minimum Gasteiger partial charge on any atom is -0.469 e. The Labute approximate surface area is 160 Å². The summed E-state index contributed by atoms with van der Waals surface area (Å²) in [6, 6.07) is 0. The Morgan fingerprint density at radius 1 is 1.37 bits per heavy atom. The van der Waals surface area contributed by atoms with E-state index in [1.807, 2.05) is 0 Å². The van der Waals surface area contributed by atoms with E-state index in [4.69, 9.17) is 13.6 Å². The summed E-state index contributed by atoms with van der Waals surface area (Å²) in [5.74, 6) is -0.398. The Morgan fingerprint density at radius 2 is 2.15 bits per heavy atom. The van der Waals surface area contributed by atoms with Gasteiger partial charge in [-0.15, -0.1) is 0 Å². The topological polar surface area (TPSA) is 112 Å². The van der Waals surface area contributed by atoms with Gasteiger partial charge in [0.05, 0.1) is 26.7 Å². The molecular formula is C17H31N2O7P. The number of phosphoric acid groups is 1. The van der Waals surface area contributed by atoms with Crippen LogP contribution in [0.5, 0.6) is 0 Å². The van der Waals surface area contributed by atoms with Crippen molar-refractivity contribution in [3.8, 4) is 0 Å². The number of ether oxygens (including phenoxy) is 1. The van der Waals surface area contributed by atoms with Gasteiger partial charge >= 0.3 is 13.8 Å². The Balaban J connectivity index is 1.85. The molecule has 0 bridgehead atoms. The van der Waals surface area contributed by atoms with E-state index in [1.54, 1.807) is 13.8 Å². The number of hydrogen-bond acceptors (Lipinski definition) is 8. The molecule has 0 saturated carbocycles. The van der Waals surface area contributed by atoms with Crippen LogP contribution in [-0.4, -0.2) is 57.9 Å². The lowest BCUT2D eigenvalue weighted by molar-refractivity contribution is -0.143. The highest BCUT2D eigenvalue weighted by atomic mass is 31.2. The average Bonchev–Trinajstić information content (AvgIpc) is 2.64. The molecular weight excluding hydrogens is 375 g/mol. The maximum Gasteiger partial charge on any atom is 0.475 e. The van der Waals surface area contributed by atoms with E-state index >= 15 is 0 Å². The molecule has 10 heteroatoms. The monoisotopic (exact) mass is 406 g/mol. The van der Waals surface area contributed by atoms with Crippen molar-refractivity contribution in [2.45, 2.75) is 45.6 Å². The minimum absolute atomic E-state index is 0.0511. The van der Waals surface area contributed by atoms with Crippen LogP contribution in [0.1, 0.15) is 39.5 Å². The highest BCUT2D eigenvalue weighted by Crippen LogP contribution is 2.57. The molecule has 9 nitrogen and oxygen atoms in total. The summed E-state index contributed by atoms with van der Waals surface area (Å²) in [6.07, 6.45) is 2.04. The van der Waals surface area contributed by atoms with Crippen molar-refractivity contribution in [1.82, 2.24) is 10.6 Å². The van der Waals surface area contributed by atoms with E-state index in [0.29, 0.717) is 5.92 Å². The number of hydrogen-bond donors (Lipinski definition) is 2. The minimum atomic E-state index is -3.80. The SMILES string of the molecule is COC(=O)CCNC(=O)[C@@H]1O[P@@](=O)(OCC[C@@H]2CCCNC2)OCC1(C)C. The molecule has 0 aliphatic carbocycles. The number of phosphoric ester groups is 1. The number of piperidine rings is 1. The maximum atomic E-state index is 12.8. The highest BCUT2D eigenvalue weighted by Gasteiger charge is 2.49. The van der Waals surface area contributed by atoms with Gasteiger partial charge in [0.15, 0.2) is 6.10 Å². The number of amides is 1. The van der Waals surface area contributed by atoms with E-state index in [-0.39, 0.29) is 26.2 Å². The van der Waals surface area contributed by atoms with Gasteiger partial charge in [-0.05, 0) is 38.3 Å². The number of esters is 1. The average molecular weight is 406 g/mol. The molecule has 0 unspecified atom stereocenters. The first-order valence-electron chi connectivity index (χ1n) is 9.38. The van der Waals surface area contributed by atoms with Gasteiger partial charge in [-0.2, -0.15) is 0 Å². The van der Waals surface area contributed by atoms with E-state index in [1.165, 1.54) is 7.11 Å². The second-order valence-corrected chi connectivity index (χ2v) is 9.27. The Kier molecular flexibility index (Phi) is 8.24. The second-order valence-electron chi connectivity index (χ2n) is 7.65. The Morgan fingerprint density at radius 3 is 2.81 bits per heavy atom. The normalized spacial score (nSPS) is 30.5. The molecule has 27 heavy (non-hydrogen) atoms. The fourth-order valence-corrected chi connectivity index (χ4v) is 4.73. The van der Waals surface area contributed by atoms with E-state index in [2.05, 4.69) is 15.4 Å². The van der Waals surface area contributed by atoms with Gasteiger partial charge in [0.1, 0.15) is 0 Å². The largest absolute Gasteiger partial charge is 0.475 e. The van der Waals surface area contributed by atoms with Gasteiger partial charge < -0.3 is 15.4 Å². The number of carbonyl (C=O) groups excluding carboxylic acids is 2. The van der Waals surface area contributed by atoms with Crippen LogP contribution in [-0.2, 0) is 32.5 Å². The highest BCUT2D eigenvalue weighted by molar-refractivity contribution is 7.48. The number of nitrogens with one attached hydrogen (secondary N) is 2. The summed E-state index contributed by atoms with van der Waals surface area (Å²) in [4.78, 5) is 23.6. The fourth-order valence-electron chi connectivity index (χ4n) is 3.08. The van der Waals surface area contributed by atoms with Crippen LogP contribution < -0.4 is 10.6 Å². The van der Waals surface area contributed by atoms with Gasteiger partial charge in [0.2, 0.25) is 5.91 Å². The molecule has 0 spiro atoms. The quantitative estimate of drug-likeness (QED) is 0.462. The molecule has 2 N–H and O–H groups in total. The third kappa shape index (κ3) is 6.84. The van der Waals surface area contributed by atoms with Crippen LogP contribution >= 0.6 is 7.82 Å². The van der Waals surface area contributed by atoms with E-state index in [0.717, 1.165) is 32.4 Å². The van der Waals surface area contributed by atoms with Gasteiger partial charge in [0, 0.05) is 12.0 Å². The lowest BCUT2D eigenvalue weighted by Gasteiger charge is -2.39. The van der Waals surface area contributed by atoms with Gasteiger partial charge in [0.25, 0.3) is 0 Å². The Hall–Kier alpha value is -0.990. The van der Waals surface area contributed by atoms with Gasteiger partial charge in [-0.3, -0.25) is 23.2 Å². The van der Waals surface area contributed by atoms with Crippen molar-refractivity contribution >= 4 is 19.7 Å². The summed E-state index contributed by atoms with van der Waals surface area (Å²) >= 11 is 0. The van der Waals surface area contributed by atoms with Crippen LogP contribution in [0.15, 0.2) is 0 Å². The van der Waals surface area contributed by atoms with Crippen LogP contribution in [0, 0.1) is 11.3 Å². The molecule has 2 aliphatic heterocycles. The van der Waals surface area contributed by atoms with Crippen LogP contribution in [0.25, 0.3) is 0 Å². The van der Waals surface area contributed by atoms with Crippen molar-refractivity contribution in [3.05, 3.63) is 0 Å². The summed E-state index contributed by atoms with van der Waals surface area (Å²) in [5, 5.41) is 5.94. The van der Waals surface area contributed by atoms with Gasteiger partial charge in [-0.1, -0.05) is 13.8 Å². The first-order chi connectivity index (χ1) is 12.8. The lowest BCUT2D eigenvalue weighted by atomic mass is 9.87. The number of rotatable bonds is 8. The van der Waals surface area contributed by atoms with Crippen LogP contribution in [0.2, 0.25) is 0 Å². The molecule has 3 atom stereocenters. The molecule has 2 aliphatic rings. The molecule has 0 aromatic rings. The number of carbonyl (C=O) groups is 2. The summed E-state index contributed by atoms with van der Waals surface area (Å²) in [5.41, 5.74) is -0.681. The molecule has 2 heterocycles. The van der Waals surface area contributed by atoms with Gasteiger partial charge in [-0.25, -0.2) is 4.57 Å². The smallest absolute Gasteiger partial charge is 0.469 e. The number of methoxy groups -OCH3 is 1. The van der Waals surface area contributed by atoms with Crippen molar-refractivity contribution < 1.29 is 32.5 Å². The zero-order valence-electron chi connectivity index (χ0n) is 16.3. The molecule has 2 saturated heterocycles. The molecule has 156 valence electrons. The molecule has 0 aromatic carbocycles. The van der Waals surface area contributed by atoms with Crippen molar-refractivity contribution in [1.29, 1.82) is 0 Å². The molecule has 1 amide bonds. The molecule has 0 aromatic heterocycles. The van der Waals surface area contributed by atoms with Crippen molar-refractivity contribution in [2.75, 3.05) is 40.0 Å². The lowest BCUT2D eigenvalue weighted by Crippen LogP contribution is -2.50. The molecule has 0 radical (unpaired) electrons. The fraction of sp³-hybridized carbons (Fsp3) is 0.882. The molecule has 2 rings (SSSR count). The predicted molar refractivity (Wildman–Crippen MR) is 98.0 cm³/mol. The van der Waals surface area contributed by atoms with Crippen molar-refractivity contribution in [2.24, 2.45) is 11.3 Å². The van der Waals surface area contributed by atoms with E-state index in [9.17, 15) is 14.2 Å². The standard InChI is InChI=1S/C17H31N2O7P/c1-17(2)12-25-27(22,24-10-7-13-5-4-8-18-11-13)26-15(17)16(21)19-9-6-14(20)23-3/h13,15,18H,4-12H2,1-3H3,(H,19,21)/t13-,15-,27-/m0/s1. The third-order valence-corrected chi connectivity index (χ3v) is 6.22. The third-order valence-electron chi connectivity index (χ3n) is 4.81. The zero-order valence-corrected chi connectivity index (χ0v) is 17.2.